The normalized spacial score (nSPS) is 14.4. The van der Waals surface area contributed by atoms with Crippen molar-refractivity contribution in [1.82, 2.24) is 4.90 Å². The van der Waals surface area contributed by atoms with Crippen LogP contribution in [0.3, 0.4) is 0 Å². The first-order valence-corrected chi connectivity index (χ1v) is 7.26. The molecule has 2 rings (SSSR count). The summed E-state index contributed by atoms with van der Waals surface area (Å²) in [6.45, 7) is -0.0952. The van der Waals surface area contributed by atoms with E-state index in [-0.39, 0.29) is 12.6 Å². The Morgan fingerprint density at radius 1 is 1.05 bits per heavy atom. The van der Waals surface area contributed by atoms with Crippen LogP contribution in [0, 0.1) is 0 Å². The van der Waals surface area contributed by atoms with Crippen LogP contribution in [0.2, 0.25) is 0 Å². The first kappa shape index (κ1) is 16.4. The summed E-state index contributed by atoms with van der Waals surface area (Å²) < 4.78 is 0. The predicted molar refractivity (Wildman–Crippen MR) is 89.7 cm³/mol. The highest BCUT2D eigenvalue weighted by molar-refractivity contribution is 5.81. The summed E-state index contributed by atoms with van der Waals surface area (Å²) >= 11 is 0. The molecule has 0 bridgehead atoms. The average molecular weight is 298 g/mol. The number of hydrogen-bond donors (Lipinski definition) is 2. The monoisotopic (exact) mass is 298 g/mol. The number of nitrogens with zero attached hydrogens (tertiary/aromatic N) is 2. The van der Waals surface area contributed by atoms with Crippen LogP contribution in [-0.2, 0) is 0 Å². The number of benzene rings is 2. The Balaban J connectivity index is 2.08. The van der Waals surface area contributed by atoms with Gasteiger partial charge in [-0.2, -0.15) is 0 Å². The summed E-state index contributed by atoms with van der Waals surface area (Å²) in [6, 6.07) is 17.0. The van der Waals surface area contributed by atoms with Gasteiger partial charge in [-0.3, -0.25) is 4.99 Å². The summed E-state index contributed by atoms with van der Waals surface area (Å²) in [7, 11) is 3.67. The smallest absolute Gasteiger partial charge is 0.0967 e. The van der Waals surface area contributed by atoms with Crippen molar-refractivity contribution in [3.05, 3.63) is 65.7 Å². The SMILES string of the molecule is CN(C)C(CO)C(O)c1ccc(N=Cc2ccccc2)cc1. The Labute approximate surface area is 131 Å². The second-order valence-corrected chi connectivity index (χ2v) is 5.42. The molecule has 0 radical (unpaired) electrons. The number of aliphatic hydroxyl groups excluding tert-OH is 2. The van der Waals surface area contributed by atoms with Gasteiger partial charge in [0.2, 0.25) is 0 Å². The molecule has 0 aromatic heterocycles. The third-order valence-corrected chi connectivity index (χ3v) is 3.61. The number of rotatable bonds is 6. The number of likely N-dealkylation sites (N-methyl/N-ethyl adjacent to an activating group) is 1. The summed E-state index contributed by atoms with van der Waals surface area (Å²) in [5.74, 6) is 0. The third kappa shape index (κ3) is 4.24. The zero-order valence-electron chi connectivity index (χ0n) is 12.9. The molecular weight excluding hydrogens is 276 g/mol. The number of aliphatic hydroxyl groups is 2. The van der Waals surface area contributed by atoms with Crippen molar-refractivity contribution in [2.45, 2.75) is 12.1 Å². The van der Waals surface area contributed by atoms with E-state index in [4.69, 9.17) is 0 Å². The molecule has 0 aliphatic carbocycles. The molecule has 0 fully saturated rings. The summed E-state index contributed by atoms with van der Waals surface area (Å²) in [4.78, 5) is 6.22. The van der Waals surface area contributed by atoms with Crippen LogP contribution >= 0.6 is 0 Å². The summed E-state index contributed by atoms with van der Waals surface area (Å²) in [6.07, 6.45) is 1.08. The van der Waals surface area contributed by atoms with Gasteiger partial charge in [0.25, 0.3) is 0 Å². The van der Waals surface area contributed by atoms with Crippen molar-refractivity contribution in [1.29, 1.82) is 0 Å². The van der Waals surface area contributed by atoms with E-state index in [9.17, 15) is 10.2 Å². The fourth-order valence-electron chi connectivity index (χ4n) is 2.21. The lowest BCUT2D eigenvalue weighted by atomic mass is 10.0. The van der Waals surface area contributed by atoms with Gasteiger partial charge in [-0.15, -0.1) is 0 Å². The van der Waals surface area contributed by atoms with Crippen molar-refractivity contribution in [3.8, 4) is 0 Å². The molecular formula is C18H22N2O2. The Hall–Kier alpha value is -2.01. The maximum Gasteiger partial charge on any atom is 0.0967 e. The summed E-state index contributed by atoms with van der Waals surface area (Å²) in [5, 5.41) is 19.7. The van der Waals surface area contributed by atoms with E-state index in [0.29, 0.717) is 0 Å². The molecule has 4 heteroatoms. The highest BCUT2D eigenvalue weighted by atomic mass is 16.3. The minimum Gasteiger partial charge on any atom is -0.395 e. The van der Waals surface area contributed by atoms with Crippen LogP contribution < -0.4 is 0 Å². The average Bonchev–Trinajstić information content (AvgIpc) is 2.54. The maximum atomic E-state index is 10.3. The third-order valence-electron chi connectivity index (χ3n) is 3.61. The van der Waals surface area contributed by atoms with Gasteiger partial charge in [-0.05, 0) is 37.4 Å². The van der Waals surface area contributed by atoms with E-state index >= 15 is 0 Å². The minimum absolute atomic E-state index is 0.0952. The Bertz CT molecular complexity index is 594. The minimum atomic E-state index is -0.729. The number of aliphatic imine (C=N–C) groups is 1. The van der Waals surface area contributed by atoms with E-state index in [0.717, 1.165) is 16.8 Å². The Kier molecular flexibility index (Phi) is 5.83. The lowest BCUT2D eigenvalue weighted by Gasteiger charge is -2.27. The lowest BCUT2D eigenvalue weighted by molar-refractivity contribution is 0.0390. The largest absolute Gasteiger partial charge is 0.395 e. The topological polar surface area (TPSA) is 56.1 Å². The van der Waals surface area contributed by atoms with Crippen molar-refractivity contribution in [3.63, 3.8) is 0 Å². The highest BCUT2D eigenvalue weighted by Crippen LogP contribution is 2.22. The van der Waals surface area contributed by atoms with E-state index < -0.39 is 6.10 Å². The maximum absolute atomic E-state index is 10.3. The van der Waals surface area contributed by atoms with Gasteiger partial charge in [0.15, 0.2) is 0 Å². The van der Waals surface area contributed by atoms with Crippen LogP contribution in [0.15, 0.2) is 59.6 Å². The fraction of sp³-hybridized carbons (Fsp3) is 0.278. The molecule has 0 spiro atoms. The summed E-state index contributed by atoms with van der Waals surface area (Å²) in [5.41, 5.74) is 2.64. The second-order valence-electron chi connectivity index (χ2n) is 5.42. The van der Waals surface area contributed by atoms with Gasteiger partial charge in [0.05, 0.1) is 24.4 Å². The van der Waals surface area contributed by atoms with Gasteiger partial charge >= 0.3 is 0 Å². The van der Waals surface area contributed by atoms with Crippen molar-refractivity contribution < 1.29 is 10.2 Å². The van der Waals surface area contributed by atoms with Crippen LogP contribution in [0.1, 0.15) is 17.2 Å². The molecule has 22 heavy (non-hydrogen) atoms. The van der Waals surface area contributed by atoms with Gasteiger partial charge in [-0.25, -0.2) is 0 Å². The molecule has 0 amide bonds. The van der Waals surface area contributed by atoms with Gasteiger partial charge in [0.1, 0.15) is 0 Å². The predicted octanol–water partition coefficient (Wildman–Crippen LogP) is 2.39. The molecule has 0 aliphatic heterocycles. The van der Waals surface area contributed by atoms with E-state index in [1.165, 1.54) is 0 Å². The molecule has 4 nitrogen and oxygen atoms in total. The number of hydrogen-bond acceptors (Lipinski definition) is 4. The van der Waals surface area contributed by atoms with E-state index in [1.807, 2.05) is 79.8 Å². The van der Waals surface area contributed by atoms with Crippen molar-refractivity contribution in [2.24, 2.45) is 4.99 Å². The molecule has 2 aromatic rings. The van der Waals surface area contributed by atoms with Crippen molar-refractivity contribution >= 4 is 11.9 Å². The lowest BCUT2D eigenvalue weighted by Crippen LogP contribution is -2.37. The quantitative estimate of drug-likeness (QED) is 0.805. The Morgan fingerprint density at radius 2 is 1.68 bits per heavy atom. The fourth-order valence-corrected chi connectivity index (χ4v) is 2.21. The zero-order valence-corrected chi connectivity index (χ0v) is 12.9. The molecule has 0 saturated carbocycles. The molecule has 116 valence electrons. The molecule has 2 N–H and O–H groups in total. The molecule has 2 aromatic carbocycles. The first-order chi connectivity index (χ1) is 10.6. The van der Waals surface area contributed by atoms with Crippen LogP contribution in [0.4, 0.5) is 5.69 Å². The second kappa shape index (κ2) is 7.84. The van der Waals surface area contributed by atoms with E-state index in [1.54, 1.807) is 0 Å². The highest BCUT2D eigenvalue weighted by Gasteiger charge is 2.21. The van der Waals surface area contributed by atoms with Crippen molar-refractivity contribution in [2.75, 3.05) is 20.7 Å². The first-order valence-electron chi connectivity index (χ1n) is 7.26. The van der Waals surface area contributed by atoms with Crippen LogP contribution in [0.25, 0.3) is 0 Å². The van der Waals surface area contributed by atoms with Crippen LogP contribution in [0.5, 0.6) is 0 Å². The molecule has 2 atom stereocenters. The van der Waals surface area contributed by atoms with Gasteiger partial charge < -0.3 is 15.1 Å². The van der Waals surface area contributed by atoms with E-state index in [2.05, 4.69) is 4.99 Å². The van der Waals surface area contributed by atoms with Crippen LogP contribution in [-0.4, -0.2) is 48.1 Å². The standard InChI is InChI=1S/C18H22N2O2/c1-20(2)17(13-21)18(22)15-8-10-16(11-9-15)19-12-14-6-4-3-5-7-14/h3-12,17-18,21-22H,13H2,1-2H3. The van der Waals surface area contributed by atoms with Gasteiger partial charge in [0, 0.05) is 6.21 Å². The molecule has 2 unspecified atom stereocenters. The molecule has 0 aliphatic rings. The van der Waals surface area contributed by atoms with Gasteiger partial charge in [-0.1, -0.05) is 42.5 Å². The Morgan fingerprint density at radius 3 is 2.23 bits per heavy atom. The molecule has 0 saturated heterocycles. The zero-order chi connectivity index (χ0) is 15.9. The molecule has 0 heterocycles.